The molecule has 0 bridgehead atoms. The van der Waals surface area contributed by atoms with Gasteiger partial charge in [0.15, 0.2) is 0 Å². The first-order chi connectivity index (χ1) is 5.70. The van der Waals surface area contributed by atoms with E-state index in [1.807, 2.05) is 30.3 Å². The van der Waals surface area contributed by atoms with Gasteiger partial charge in [0, 0.05) is 0 Å². The van der Waals surface area contributed by atoms with Crippen LogP contribution in [0.3, 0.4) is 0 Å². The summed E-state index contributed by atoms with van der Waals surface area (Å²) in [6.07, 6.45) is 0. The van der Waals surface area contributed by atoms with Crippen LogP contribution in [0.1, 0.15) is 5.56 Å². The molecule has 1 aromatic rings. The zero-order chi connectivity index (χ0) is 8.97. The van der Waals surface area contributed by atoms with Crippen molar-refractivity contribution in [1.29, 1.82) is 5.41 Å². The van der Waals surface area contributed by atoms with Crippen molar-refractivity contribution in [1.82, 2.24) is 2.84 Å². The molecule has 0 saturated heterocycles. The first-order valence-electron chi connectivity index (χ1n) is 3.51. The summed E-state index contributed by atoms with van der Waals surface area (Å²) in [5.74, 6) is 0.121. The SMILES string of the molecule is N=C(N)N([At])Cc1ccccc1. The minimum atomic E-state index is 0.121. The van der Waals surface area contributed by atoms with Crippen LogP contribution >= 0.6 is 0 Å². The zero-order valence-electron chi connectivity index (χ0n) is 6.50. The second-order valence-corrected chi connectivity index (χ2v) is 3.98. The summed E-state index contributed by atoms with van der Waals surface area (Å²) in [6.45, 7) is 0.715. The predicted octanol–water partition coefficient (Wildman–Crippen LogP) is 0.846. The summed E-state index contributed by atoms with van der Waals surface area (Å²) < 4.78 is 1.75. The Balaban J connectivity index is 2.58. The van der Waals surface area contributed by atoms with E-state index >= 15 is 0 Å². The fraction of sp³-hybridized carbons (Fsp3) is 0.125. The maximum atomic E-state index is 7.17. The first-order valence-corrected chi connectivity index (χ1v) is 4.83. The molecule has 0 aliphatic rings. The van der Waals surface area contributed by atoms with Crippen molar-refractivity contribution in [2.45, 2.75) is 6.54 Å². The molecular formula is C8H10AtN3. The van der Waals surface area contributed by atoms with Crippen molar-refractivity contribution >= 4 is 5.96 Å². The second-order valence-electron chi connectivity index (χ2n) is 2.39. The van der Waals surface area contributed by atoms with Gasteiger partial charge in [0.05, 0.1) is 0 Å². The molecule has 0 saturated carbocycles. The average molecular weight is 358 g/mol. The number of nitrogens with two attached hydrogens (primary N) is 1. The minimum absolute atomic E-state index is 0.121. The van der Waals surface area contributed by atoms with Crippen LogP contribution in [-0.4, -0.2) is 8.80 Å². The number of nitrogens with zero attached hydrogens (tertiary/aromatic N) is 1. The van der Waals surface area contributed by atoms with E-state index in [9.17, 15) is 0 Å². The average Bonchev–Trinajstić information content (AvgIpc) is 2.06. The molecule has 12 heavy (non-hydrogen) atoms. The number of hydrogen-bond donors (Lipinski definition) is 2. The Morgan fingerprint density at radius 2 is 2.00 bits per heavy atom. The van der Waals surface area contributed by atoms with Gasteiger partial charge in [0.2, 0.25) is 0 Å². The van der Waals surface area contributed by atoms with Gasteiger partial charge in [-0.15, -0.1) is 0 Å². The summed E-state index contributed by atoms with van der Waals surface area (Å²) in [4.78, 5) is 0. The molecule has 4 heteroatoms. The zero-order valence-corrected chi connectivity index (χ0v) is 9.44. The van der Waals surface area contributed by atoms with Crippen molar-refractivity contribution in [3.8, 4) is 0 Å². The Labute approximate surface area is 87.3 Å². The third kappa shape index (κ3) is 2.78. The van der Waals surface area contributed by atoms with E-state index in [1.54, 1.807) is 2.84 Å². The summed E-state index contributed by atoms with van der Waals surface area (Å²) in [5, 5.41) is 7.17. The van der Waals surface area contributed by atoms with E-state index in [1.165, 1.54) is 30.6 Å². The van der Waals surface area contributed by atoms with Gasteiger partial charge < -0.3 is 0 Å². The molecule has 0 heterocycles. The van der Waals surface area contributed by atoms with Crippen molar-refractivity contribution in [3.05, 3.63) is 35.9 Å². The van der Waals surface area contributed by atoms with Crippen molar-refractivity contribution in [2.75, 3.05) is 0 Å². The van der Waals surface area contributed by atoms with Crippen LogP contribution in [0.25, 0.3) is 0 Å². The van der Waals surface area contributed by atoms with E-state index in [-0.39, 0.29) is 5.96 Å². The van der Waals surface area contributed by atoms with Gasteiger partial charge in [-0.2, -0.15) is 0 Å². The number of benzene rings is 1. The molecule has 0 aliphatic heterocycles. The van der Waals surface area contributed by atoms with E-state index in [0.717, 1.165) is 0 Å². The van der Waals surface area contributed by atoms with Crippen molar-refractivity contribution in [2.24, 2.45) is 5.73 Å². The molecule has 0 fully saturated rings. The molecule has 0 aliphatic carbocycles. The Kier molecular flexibility index (Phi) is 3.48. The van der Waals surface area contributed by atoms with Crippen LogP contribution in [-0.2, 0) is 6.54 Å². The summed E-state index contributed by atoms with van der Waals surface area (Å²) in [5.41, 5.74) is 6.48. The van der Waals surface area contributed by atoms with Gasteiger partial charge in [0.1, 0.15) is 0 Å². The van der Waals surface area contributed by atoms with Crippen molar-refractivity contribution in [3.63, 3.8) is 0 Å². The fourth-order valence-corrected chi connectivity index (χ4v) is 1.37. The molecule has 64 valence electrons. The molecule has 3 N–H and O–H groups in total. The van der Waals surface area contributed by atoms with E-state index < -0.39 is 0 Å². The number of guanidine groups is 1. The number of rotatable bonds is 2. The molecule has 1 aromatic carbocycles. The quantitative estimate of drug-likeness (QED) is 0.608. The van der Waals surface area contributed by atoms with Gasteiger partial charge in [-0.05, 0) is 0 Å². The third-order valence-corrected chi connectivity index (χ3v) is 2.60. The predicted molar refractivity (Wildman–Crippen MR) is 43.9 cm³/mol. The van der Waals surface area contributed by atoms with Gasteiger partial charge in [-0.3, -0.25) is 0 Å². The maximum absolute atomic E-state index is 7.17. The van der Waals surface area contributed by atoms with E-state index in [2.05, 4.69) is 0 Å². The van der Waals surface area contributed by atoms with Crippen LogP contribution < -0.4 is 5.73 Å². The molecule has 0 unspecified atom stereocenters. The van der Waals surface area contributed by atoms with Crippen LogP contribution in [0.15, 0.2) is 30.3 Å². The topological polar surface area (TPSA) is 53.1 Å². The van der Waals surface area contributed by atoms with Crippen LogP contribution in [0.5, 0.6) is 0 Å². The van der Waals surface area contributed by atoms with Crippen molar-refractivity contribution < 1.29 is 25.0 Å². The monoisotopic (exact) mass is 358 g/mol. The second kappa shape index (κ2) is 4.41. The van der Waals surface area contributed by atoms with E-state index in [4.69, 9.17) is 11.1 Å². The van der Waals surface area contributed by atoms with Crippen LogP contribution in [0.2, 0.25) is 0 Å². The molecule has 1 rings (SSSR count). The van der Waals surface area contributed by atoms with Gasteiger partial charge in [-0.25, -0.2) is 0 Å². The Morgan fingerprint density at radius 1 is 1.42 bits per heavy atom. The fourth-order valence-electron chi connectivity index (χ4n) is 0.829. The summed E-state index contributed by atoms with van der Waals surface area (Å²) in [7, 11) is 0. The number of hydrogen-bond acceptors (Lipinski definition) is 1. The van der Waals surface area contributed by atoms with E-state index in [0.29, 0.717) is 6.54 Å². The van der Waals surface area contributed by atoms with Gasteiger partial charge >= 0.3 is 87.4 Å². The molecule has 0 spiro atoms. The van der Waals surface area contributed by atoms with Crippen LogP contribution in [0, 0.1) is 30.4 Å². The van der Waals surface area contributed by atoms with Crippen LogP contribution in [0.4, 0.5) is 0 Å². The first kappa shape index (κ1) is 9.46. The third-order valence-electron chi connectivity index (χ3n) is 1.43. The van der Waals surface area contributed by atoms with Gasteiger partial charge in [-0.1, -0.05) is 0 Å². The molecule has 0 atom stereocenters. The molecule has 0 amide bonds. The molecular weight excluding hydrogens is 348 g/mol. The molecule has 3 nitrogen and oxygen atoms in total. The Morgan fingerprint density at radius 3 is 2.50 bits per heavy atom. The Bertz CT molecular complexity index is 260. The molecule has 0 radical (unpaired) electrons. The molecule has 0 aromatic heterocycles. The Hall–Kier alpha value is -0.627. The number of nitrogens with one attached hydrogen (secondary N) is 1. The normalized spacial score (nSPS) is 9.42. The van der Waals surface area contributed by atoms with Gasteiger partial charge in [0.25, 0.3) is 0 Å². The summed E-state index contributed by atoms with van der Waals surface area (Å²) >= 11 is 1.40. The standard InChI is InChI=1S/C8H10AtN3/c9-12(8(10)11)6-7-4-2-1-3-5-7/h1-5H,6H2,(H3,10,11). The summed E-state index contributed by atoms with van der Waals surface area (Å²) in [6, 6.07) is 9.98.